The zero-order chi connectivity index (χ0) is 93.5. The molecule has 0 aromatic heterocycles. The Balaban J connectivity index is 0.989. The fourth-order valence-electron chi connectivity index (χ4n) is 17.6. The van der Waals surface area contributed by atoms with E-state index < -0.39 is 285 Å². The summed E-state index contributed by atoms with van der Waals surface area (Å²) in [4.78, 5) is 39.5. The van der Waals surface area contributed by atoms with Crippen LogP contribution in [0.15, 0.2) is 12.2 Å². The molecule has 40 heteroatoms. The number of carbonyl (C=O) groups is 3. The third-order valence-corrected chi connectivity index (χ3v) is 25.3. The molecule has 23 N–H and O–H groups in total. The summed E-state index contributed by atoms with van der Waals surface area (Å²) >= 11 is 0. The molecule has 0 aliphatic carbocycles. The van der Waals surface area contributed by atoms with Gasteiger partial charge < -0.3 is 184 Å². The average molecular weight is 1850 g/mol. The van der Waals surface area contributed by atoms with Crippen molar-refractivity contribution in [3.8, 4) is 0 Å². The number of nitrogens with one attached hydrogen (secondary N) is 3. The van der Waals surface area contributed by atoms with Gasteiger partial charge in [-0.05, 0) is 26.2 Å². The van der Waals surface area contributed by atoms with Crippen molar-refractivity contribution in [1.82, 2.24) is 16.0 Å². The lowest BCUT2D eigenvalue weighted by atomic mass is 9.93. The van der Waals surface area contributed by atoms with Crippen molar-refractivity contribution in [2.75, 3.05) is 46.2 Å². The number of aliphatic hydroxyl groups excluding tert-OH is 20. The first kappa shape index (κ1) is 112. The number of rotatable bonds is 60. The summed E-state index contributed by atoms with van der Waals surface area (Å²) in [7, 11) is 0. The van der Waals surface area contributed by atoms with Crippen molar-refractivity contribution in [3.05, 3.63) is 12.2 Å². The molecule has 7 heterocycles. The number of hydrogen-bond donors (Lipinski definition) is 23. The summed E-state index contributed by atoms with van der Waals surface area (Å²) in [6.07, 6.45) is -24.1. The molecule has 14 unspecified atom stereocenters. The predicted molar refractivity (Wildman–Crippen MR) is 453 cm³/mol. The second kappa shape index (κ2) is 59.7. The van der Waals surface area contributed by atoms with Crippen LogP contribution in [0.4, 0.5) is 0 Å². The van der Waals surface area contributed by atoms with Gasteiger partial charge in [0.2, 0.25) is 17.7 Å². The monoisotopic (exact) mass is 1850 g/mol. The molecule has 37 atom stereocenters. The number of aliphatic hydroxyl groups is 20. The molecule has 7 aliphatic heterocycles. The van der Waals surface area contributed by atoms with Crippen LogP contribution in [0.3, 0.4) is 0 Å². The Morgan fingerprint density at radius 1 is 0.320 bits per heavy atom. The lowest BCUT2D eigenvalue weighted by Gasteiger charge is -2.52. The minimum Gasteiger partial charge on any atom is -0.394 e. The summed E-state index contributed by atoms with van der Waals surface area (Å²) in [6, 6.07) is -4.76. The van der Waals surface area contributed by atoms with Gasteiger partial charge in [-0.3, -0.25) is 14.4 Å². The van der Waals surface area contributed by atoms with Crippen LogP contribution in [0.2, 0.25) is 0 Å². The molecule has 128 heavy (non-hydrogen) atoms. The topological polar surface area (TPSA) is 621 Å². The van der Waals surface area contributed by atoms with Crippen LogP contribution < -0.4 is 16.0 Å². The number of amides is 3. The van der Waals surface area contributed by atoms with Gasteiger partial charge in [0.25, 0.3) is 0 Å². The average Bonchev–Trinajstić information content (AvgIpc) is 0.761. The highest BCUT2D eigenvalue weighted by Gasteiger charge is 2.60. The highest BCUT2D eigenvalue weighted by Crippen LogP contribution is 2.40. The Hall–Kier alpha value is -3.21. The van der Waals surface area contributed by atoms with E-state index in [4.69, 9.17) is 66.3 Å². The van der Waals surface area contributed by atoms with Gasteiger partial charge in [-0.2, -0.15) is 0 Å². The van der Waals surface area contributed by atoms with E-state index >= 15 is 0 Å². The number of carbonyl (C=O) groups excluding carboxylic acids is 3. The van der Waals surface area contributed by atoms with E-state index in [0.29, 0.717) is 12.8 Å². The lowest BCUT2D eigenvalue weighted by molar-refractivity contribution is -0.402. The van der Waals surface area contributed by atoms with E-state index in [0.717, 1.165) is 65.2 Å². The smallest absolute Gasteiger partial charge is 0.220 e. The molecule has 7 saturated heterocycles. The second-order valence-corrected chi connectivity index (χ2v) is 35.6. The molecule has 3 amide bonds. The van der Waals surface area contributed by atoms with Gasteiger partial charge in [0, 0.05) is 20.3 Å². The predicted octanol–water partition coefficient (Wildman–Crippen LogP) is -1.23. The minimum atomic E-state index is -2.34. The fourth-order valence-corrected chi connectivity index (χ4v) is 17.6. The summed E-state index contributed by atoms with van der Waals surface area (Å²) in [5, 5.41) is 233. The maximum Gasteiger partial charge on any atom is 0.220 e. The van der Waals surface area contributed by atoms with Crippen LogP contribution in [0.1, 0.15) is 253 Å². The third-order valence-electron chi connectivity index (χ3n) is 25.3. The van der Waals surface area contributed by atoms with E-state index in [1.165, 1.54) is 155 Å². The van der Waals surface area contributed by atoms with Crippen LogP contribution in [0.5, 0.6) is 0 Å². The standard InChI is InChI=1S/C88H159N3O37/c1-6-8-10-12-14-16-18-20-21-22-23-24-25-26-27-29-31-33-35-37-39-41-60(101)91-52(53(100)40-38-36-34-32-30-28-19-17-15-13-11-9-7-2)48-115-84-73(112)70(109)76(58(46-96)121-84)123-86-74(113)71(110)77(59(47-97)122-86)124-87-75(114)79(66(105)56(44-94)119-87)126-83-62(90-51(5)99)78(65(104)55(43-93)118-83)125-88-81(128-85-72(111)69(108)63(102)49(3)116-85)80(67(106)57(45-95)120-88)127-82-61(89-50(4)98)68(107)64(103)54(42-92)117-82/h38,40,49,52-59,61-88,92-97,100,102-114H,6-37,39,41-48H2,1-5H3,(H,89,98)(H,90,99)(H,91,101)/b40-38+/t49?,52-,53+,54?,55?,56?,57?,58?,59?,61?,62?,63+,64-,65-,66-,67-,68+,69?,70+,71+,72-,73?,74?,75?,76+,77-,78+,79-,80-,81?,82+,83-,84+,85+,86-,87-,88-/m0/s1. The van der Waals surface area contributed by atoms with Gasteiger partial charge in [0.1, 0.15) is 165 Å². The number of hydrogen-bond acceptors (Lipinski definition) is 37. The molecule has 0 spiro atoms. The van der Waals surface area contributed by atoms with E-state index in [2.05, 4.69) is 29.8 Å². The van der Waals surface area contributed by atoms with E-state index in [1.54, 1.807) is 6.08 Å². The second-order valence-electron chi connectivity index (χ2n) is 35.6. The molecule has 7 rings (SSSR count). The highest BCUT2D eigenvalue weighted by molar-refractivity contribution is 5.76. The molecule has 0 aromatic rings. The first-order valence-electron chi connectivity index (χ1n) is 47.3. The van der Waals surface area contributed by atoms with E-state index in [-0.39, 0.29) is 12.3 Å². The number of allylic oxidation sites excluding steroid dienone is 1. The molecule has 7 fully saturated rings. The summed E-state index contributed by atoms with van der Waals surface area (Å²) in [5.41, 5.74) is 0. The molecule has 7 aliphatic rings. The molecule has 0 bridgehead atoms. The van der Waals surface area contributed by atoms with Crippen LogP contribution in [0, 0.1) is 0 Å². The number of unbranched alkanes of at least 4 members (excludes halogenated alkanes) is 31. The van der Waals surface area contributed by atoms with Gasteiger partial charge in [-0.25, -0.2) is 0 Å². The fraction of sp³-hybridized carbons (Fsp3) is 0.943. The van der Waals surface area contributed by atoms with E-state index in [9.17, 15) is 117 Å². The SMILES string of the molecule is CCCCCCCCCCCCC/C=C/[C@@H](O)[C@H](CO[C@@H]1OC(CO)[C@@H](O[C@@H]2OC(CO)[C@H](O[C@@H]3OC(CO)[C@H](O)[C@H](O[C@@H]4OC(CO)[C@H](O)[C@H](O[C@@H]5OC(CO)[C@H](O)[C@H](O[C@H]6OC(CO)[C@H](O)[C@H](O)C6NC(C)=O)C5O[C@H]5OC(C)[C@@H](O)C(O)[C@@H]5O)C4NC(C)=O)C3O)[C@H](O)C2O)[C@H](O)C1O)NC(=O)CCCCCCCCCCCCCCCCCCCCCCC. The van der Waals surface area contributed by atoms with Crippen molar-refractivity contribution < 1.29 is 183 Å². The van der Waals surface area contributed by atoms with Crippen molar-refractivity contribution in [1.29, 1.82) is 0 Å². The summed E-state index contributed by atoms with van der Waals surface area (Å²) in [6.45, 7) is 0.957. The van der Waals surface area contributed by atoms with Crippen molar-refractivity contribution >= 4 is 17.7 Å². The Labute approximate surface area is 751 Å². The number of ether oxygens (including phenoxy) is 14. The molecule has 0 aromatic carbocycles. The van der Waals surface area contributed by atoms with Crippen LogP contribution in [0.25, 0.3) is 0 Å². The van der Waals surface area contributed by atoms with Gasteiger partial charge in [-0.1, -0.05) is 219 Å². The molecule has 40 nitrogen and oxygen atoms in total. The van der Waals surface area contributed by atoms with Crippen molar-refractivity contribution in [3.63, 3.8) is 0 Å². The van der Waals surface area contributed by atoms with Gasteiger partial charge >= 0.3 is 0 Å². The summed E-state index contributed by atoms with van der Waals surface area (Å²) < 4.78 is 84.3. The highest BCUT2D eigenvalue weighted by atomic mass is 16.8. The quantitative estimate of drug-likeness (QED) is 0.0250. The maximum absolute atomic E-state index is 13.6. The lowest BCUT2D eigenvalue weighted by Crippen LogP contribution is -2.71. The Morgan fingerprint density at radius 2 is 0.656 bits per heavy atom. The van der Waals surface area contributed by atoms with Gasteiger partial charge in [0.15, 0.2) is 44.0 Å². The third kappa shape index (κ3) is 33.9. The minimum absolute atomic E-state index is 0.169. The normalized spacial score (nSPS) is 37.7. The van der Waals surface area contributed by atoms with Gasteiger partial charge in [-0.15, -0.1) is 0 Å². The molecule has 0 radical (unpaired) electrons. The largest absolute Gasteiger partial charge is 0.394 e. The van der Waals surface area contributed by atoms with Crippen LogP contribution in [-0.2, 0) is 80.7 Å². The molecular weight excluding hydrogens is 1690 g/mol. The van der Waals surface area contributed by atoms with Gasteiger partial charge in [0.05, 0.1) is 64.5 Å². The molecule has 0 saturated carbocycles. The Bertz CT molecular complexity index is 3020. The Kier molecular flexibility index (Phi) is 52.2. The molecular formula is C88H159N3O37. The summed E-state index contributed by atoms with van der Waals surface area (Å²) in [5.74, 6) is -2.11. The van der Waals surface area contributed by atoms with Crippen molar-refractivity contribution in [2.24, 2.45) is 0 Å². The zero-order valence-electron chi connectivity index (χ0n) is 75.4. The van der Waals surface area contributed by atoms with E-state index in [1.807, 2.05) is 6.08 Å². The van der Waals surface area contributed by atoms with Crippen LogP contribution in [-0.4, -0.2) is 393 Å². The Morgan fingerprint density at radius 3 is 1.12 bits per heavy atom. The first-order chi connectivity index (χ1) is 61.5. The van der Waals surface area contributed by atoms with Crippen molar-refractivity contribution in [2.45, 2.75) is 480 Å². The first-order valence-corrected chi connectivity index (χ1v) is 47.3. The molecule has 748 valence electrons. The maximum atomic E-state index is 13.6. The zero-order valence-corrected chi connectivity index (χ0v) is 75.4. The van der Waals surface area contributed by atoms with Crippen LogP contribution >= 0.6 is 0 Å².